The predicted molar refractivity (Wildman–Crippen MR) is 193 cm³/mol. The van der Waals surface area contributed by atoms with E-state index in [0.29, 0.717) is 5.56 Å². The maximum Gasteiger partial charge on any atom is 0.224 e. The number of halogens is 4. The number of aliphatic hydroxyl groups is 1. The number of aryl methyl sites for hydroxylation is 2. The summed E-state index contributed by atoms with van der Waals surface area (Å²) in [5.41, 5.74) is 5.81. The molecule has 14 heteroatoms. The van der Waals surface area contributed by atoms with E-state index >= 15 is 0 Å². The quantitative estimate of drug-likeness (QED) is 0.165. The molecule has 2 aliphatic rings. The van der Waals surface area contributed by atoms with Gasteiger partial charge in [0.25, 0.3) is 0 Å². The first-order valence-corrected chi connectivity index (χ1v) is 25.0. The van der Waals surface area contributed by atoms with E-state index in [9.17, 15) is 5.11 Å². The minimum absolute atomic E-state index is 0.213. The first kappa shape index (κ1) is 33.4. The summed E-state index contributed by atoms with van der Waals surface area (Å²) in [6, 6.07) is 15.1. The zero-order valence-electron chi connectivity index (χ0n) is 20.1. The van der Waals surface area contributed by atoms with Gasteiger partial charge in [0.05, 0.1) is 43.5 Å². The molecule has 6 nitrogen and oxygen atoms in total. The van der Waals surface area contributed by atoms with E-state index in [1.54, 1.807) is 0 Å². The molecular weight excluding hydrogens is 1020 g/mol. The lowest BCUT2D eigenvalue weighted by Gasteiger charge is -2.48. The van der Waals surface area contributed by atoms with Gasteiger partial charge in [-0.3, -0.25) is 12.5 Å². The highest BCUT2D eigenvalue weighted by molar-refractivity contribution is 14.2. The molecule has 1 N–H and O–H groups in total. The molecule has 6 unspecified atom stereocenters. The molecule has 4 rings (SSSR count). The number of hydrogen-bond acceptors (Lipinski definition) is 10. The molecular formula is C24H26I4O6S4. The number of benzene rings is 2. The van der Waals surface area contributed by atoms with Crippen LogP contribution in [-0.2, 0) is 40.1 Å². The van der Waals surface area contributed by atoms with Crippen LogP contribution in [0.2, 0.25) is 0 Å². The minimum atomic E-state index is -1.78. The second kappa shape index (κ2) is 16.6. The molecule has 1 aliphatic heterocycles. The van der Waals surface area contributed by atoms with Crippen LogP contribution in [0.25, 0.3) is 0 Å². The van der Waals surface area contributed by atoms with E-state index in [1.807, 2.05) is 6.07 Å². The first-order chi connectivity index (χ1) is 18.5. The summed E-state index contributed by atoms with van der Waals surface area (Å²) in [5, 5.41) is 12.3. The molecule has 1 heterocycles. The molecule has 38 heavy (non-hydrogen) atoms. The minimum Gasteiger partial charge on any atom is -0.360 e. The van der Waals surface area contributed by atoms with Crippen molar-refractivity contribution in [1.29, 1.82) is 0 Å². The Bertz CT molecular complexity index is 1040. The van der Waals surface area contributed by atoms with E-state index in [0.717, 1.165) is 34.9 Å². The Labute approximate surface area is 289 Å². The third-order valence-electron chi connectivity index (χ3n) is 7.08. The standard InChI is InChI=1S/C24H26I4O6S4/c1-2-14-6-8-16(9-7-14)18-5-3-4-15-10-11-17(12-19(15)18)24(29)23(34-38-28)22(33-37-27)21(32-36-26)20(31-24)13-30-35-25/h6-12,18,20-23,29H,2-5,13H2,1H3. The summed E-state index contributed by atoms with van der Waals surface area (Å²) in [6.45, 7) is 2.39. The summed E-state index contributed by atoms with van der Waals surface area (Å²) in [7, 11) is 4.74. The Hall–Kier alpha value is 2.52. The maximum atomic E-state index is 12.3. The lowest BCUT2D eigenvalue weighted by molar-refractivity contribution is -0.340. The summed E-state index contributed by atoms with van der Waals surface area (Å²) in [6.07, 6.45) is 1.64. The van der Waals surface area contributed by atoms with Crippen molar-refractivity contribution in [2.45, 2.75) is 68.7 Å². The van der Waals surface area contributed by atoms with Crippen LogP contribution in [0, 0.1) is 0 Å². The van der Waals surface area contributed by atoms with Gasteiger partial charge in [0, 0.05) is 96.3 Å². The maximum absolute atomic E-state index is 12.3. The van der Waals surface area contributed by atoms with Gasteiger partial charge in [-0.1, -0.05) is 43.3 Å². The van der Waals surface area contributed by atoms with Crippen LogP contribution < -0.4 is 0 Å². The average molecular weight is 1050 g/mol. The molecule has 0 bridgehead atoms. The van der Waals surface area contributed by atoms with Crippen LogP contribution in [0.5, 0.6) is 0 Å². The first-order valence-electron chi connectivity index (χ1n) is 11.8. The topological polar surface area (TPSA) is 66.4 Å². The van der Waals surface area contributed by atoms with Crippen molar-refractivity contribution in [2.24, 2.45) is 0 Å². The molecule has 2 aromatic carbocycles. The summed E-state index contributed by atoms with van der Waals surface area (Å²) >= 11 is 8.28. The van der Waals surface area contributed by atoms with Gasteiger partial charge < -0.3 is 14.0 Å². The smallest absolute Gasteiger partial charge is 0.224 e. The monoisotopic (exact) mass is 1050 g/mol. The van der Waals surface area contributed by atoms with Gasteiger partial charge in [-0.05, 0) is 54.0 Å². The average Bonchev–Trinajstić information content (AvgIpc) is 2.95. The molecule has 1 saturated heterocycles. The van der Waals surface area contributed by atoms with E-state index in [1.165, 1.54) is 49.9 Å². The van der Waals surface area contributed by atoms with Crippen molar-refractivity contribution in [3.05, 3.63) is 70.3 Å². The molecule has 0 radical (unpaired) electrons. The second-order valence-corrected chi connectivity index (χ2v) is 14.6. The van der Waals surface area contributed by atoms with Gasteiger partial charge in [-0.25, -0.2) is 0 Å². The third kappa shape index (κ3) is 7.77. The lowest BCUT2D eigenvalue weighted by Crippen LogP contribution is -2.64. The zero-order chi connectivity index (χ0) is 27.1. The van der Waals surface area contributed by atoms with Crippen molar-refractivity contribution >= 4 is 122 Å². The van der Waals surface area contributed by atoms with Crippen LogP contribution in [0.15, 0.2) is 42.5 Å². The van der Waals surface area contributed by atoms with Gasteiger partial charge >= 0.3 is 0 Å². The molecule has 210 valence electrons. The number of fused-ring (bicyclic) bond motifs is 1. The van der Waals surface area contributed by atoms with Crippen molar-refractivity contribution < 1.29 is 26.6 Å². The number of ether oxygens (including phenoxy) is 1. The van der Waals surface area contributed by atoms with Crippen LogP contribution in [0.4, 0.5) is 0 Å². The Morgan fingerprint density at radius 3 is 2.32 bits per heavy atom. The number of rotatable bonds is 12. The molecule has 1 aliphatic carbocycles. The molecule has 6 atom stereocenters. The molecule has 0 spiro atoms. The summed E-state index contributed by atoms with van der Waals surface area (Å²) in [4.78, 5) is 0. The highest BCUT2D eigenvalue weighted by atomic mass is 127. The van der Waals surface area contributed by atoms with Gasteiger partial charge in [-0.2, -0.15) is 0 Å². The van der Waals surface area contributed by atoms with Crippen molar-refractivity contribution in [3.63, 3.8) is 0 Å². The Morgan fingerprint density at radius 2 is 1.66 bits per heavy atom. The lowest BCUT2D eigenvalue weighted by atomic mass is 9.77. The molecule has 0 amide bonds. The number of hydrogen-bond donors (Lipinski definition) is 1. The normalized spacial score (nSPS) is 29.3. The zero-order valence-corrected chi connectivity index (χ0v) is 32.0. The van der Waals surface area contributed by atoms with Crippen molar-refractivity contribution in [3.8, 4) is 0 Å². The van der Waals surface area contributed by atoms with Gasteiger partial charge in [0.2, 0.25) is 5.79 Å². The summed E-state index contributed by atoms with van der Waals surface area (Å²) < 4.78 is 30.3. The molecule has 1 fully saturated rings. The summed E-state index contributed by atoms with van der Waals surface area (Å²) in [5.74, 6) is -1.52. The van der Waals surface area contributed by atoms with E-state index in [-0.39, 0.29) is 12.5 Å². The van der Waals surface area contributed by atoms with Crippen LogP contribution in [0.3, 0.4) is 0 Å². The Morgan fingerprint density at radius 1 is 0.947 bits per heavy atom. The van der Waals surface area contributed by atoms with E-state index in [4.69, 9.17) is 21.5 Å². The highest BCUT2D eigenvalue weighted by Gasteiger charge is 2.58. The molecule has 0 saturated carbocycles. The van der Waals surface area contributed by atoms with Crippen LogP contribution in [-0.4, -0.2) is 36.1 Å². The fourth-order valence-electron chi connectivity index (χ4n) is 5.24. The van der Waals surface area contributed by atoms with Crippen molar-refractivity contribution in [2.75, 3.05) is 6.61 Å². The van der Waals surface area contributed by atoms with E-state index < -0.39 is 30.2 Å². The Balaban J connectivity index is 1.77. The third-order valence-corrected chi connectivity index (χ3v) is 10.8. The SMILES string of the molecule is CCc1ccc(C2CCCc3ccc(C4(O)OC(COSI)C(OSI)C(OSI)C4OSI)cc32)cc1. The van der Waals surface area contributed by atoms with Gasteiger partial charge in [-0.15, -0.1) is 0 Å². The van der Waals surface area contributed by atoms with Crippen molar-refractivity contribution in [1.82, 2.24) is 0 Å². The predicted octanol–water partition coefficient (Wildman–Crippen LogP) is 9.43. The molecule has 2 aromatic rings. The molecule has 0 aromatic heterocycles. The van der Waals surface area contributed by atoms with Crippen LogP contribution >= 0.6 is 122 Å². The van der Waals surface area contributed by atoms with E-state index in [2.05, 4.69) is 128 Å². The van der Waals surface area contributed by atoms with Gasteiger partial charge in [0.15, 0.2) is 6.10 Å². The van der Waals surface area contributed by atoms with Crippen LogP contribution in [0.1, 0.15) is 53.5 Å². The Kier molecular flexibility index (Phi) is 14.6. The highest BCUT2D eigenvalue weighted by Crippen LogP contribution is 2.47. The fraction of sp³-hybridized carbons (Fsp3) is 0.500. The largest absolute Gasteiger partial charge is 0.360 e. The second-order valence-electron chi connectivity index (χ2n) is 8.98. The fourth-order valence-corrected chi connectivity index (χ4v) is 8.91. The van der Waals surface area contributed by atoms with Gasteiger partial charge in [0.1, 0.15) is 18.3 Å².